The SMILES string of the molecule is C=Cc1ccc(-c2c(C)n[nH]c2C)cc1C. The van der Waals surface area contributed by atoms with Crippen LogP contribution in [0.3, 0.4) is 0 Å². The molecular formula is C14H16N2. The Hall–Kier alpha value is -1.83. The minimum atomic E-state index is 1.04. The molecule has 0 aliphatic carbocycles. The highest BCUT2D eigenvalue weighted by Crippen LogP contribution is 2.27. The summed E-state index contributed by atoms with van der Waals surface area (Å²) in [6.45, 7) is 9.97. The summed E-state index contributed by atoms with van der Waals surface area (Å²) in [7, 11) is 0. The van der Waals surface area contributed by atoms with Crippen molar-refractivity contribution in [3.8, 4) is 11.1 Å². The second-order valence-corrected chi connectivity index (χ2v) is 4.08. The fraction of sp³-hybridized carbons (Fsp3) is 0.214. The number of H-pyrrole nitrogens is 1. The van der Waals surface area contributed by atoms with Crippen LogP contribution in [0.2, 0.25) is 0 Å². The van der Waals surface area contributed by atoms with Crippen LogP contribution in [0.4, 0.5) is 0 Å². The first-order valence-corrected chi connectivity index (χ1v) is 5.38. The summed E-state index contributed by atoms with van der Waals surface area (Å²) in [6.07, 6.45) is 1.88. The molecule has 1 heterocycles. The largest absolute Gasteiger partial charge is 0.282 e. The highest BCUT2D eigenvalue weighted by molar-refractivity contribution is 5.71. The molecule has 2 nitrogen and oxygen atoms in total. The molecule has 0 saturated carbocycles. The van der Waals surface area contributed by atoms with E-state index in [9.17, 15) is 0 Å². The molecule has 1 N–H and O–H groups in total. The lowest BCUT2D eigenvalue weighted by atomic mass is 9.99. The number of nitrogens with one attached hydrogen (secondary N) is 1. The maximum atomic E-state index is 4.22. The summed E-state index contributed by atoms with van der Waals surface area (Å²) >= 11 is 0. The third-order valence-electron chi connectivity index (χ3n) is 2.91. The lowest BCUT2D eigenvalue weighted by Gasteiger charge is -2.05. The summed E-state index contributed by atoms with van der Waals surface area (Å²) < 4.78 is 0. The Morgan fingerprint density at radius 1 is 1.25 bits per heavy atom. The Morgan fingerprint density at radius 3 is 2.50 bits per heavy atom. The van der Waals surface area contributed by atoms with Gasteiger partial charge in [0.15, 0.2) is 0 Å². The molecule has 2 heteroatoms. The molecule has 0 spiro atoms. The van der Waals surface area contributed by atoms with Gasteiger partial charge in [0.1, 0.15) is 0 Å². The van der Waals surface area contributed by atoms with Gasteiger partial charge in [-0.2, -0.15) is 5.10 Å². The van der Waals surface area contributed by atoms with E-state index in [-0.39, 0.29) is 0 Å². The van der Waals surface area contributed by atoms with Crippen molar-refractivity contribution < 1.29 is 0 Å². The monoisotopic (exact) mass is 212 g/mol. The van der Waals surface area contributed by atoms with Crippen LogP contribution in [0.5, 0.6) is 0 Å². The Labute approximate surface area is 96.0 Å². The minimum Gasteiger partial charge on any atom is -0.282 e. The Bertz CT molecular complexity index is 516. The van der Waals surface area contributed by atoms with Crippen LogP contribution < -0.4 is 0 Å². The molecule has 0 fully saturated rings. The molecule has 0 radical (unpaired) electrons. The molecule has 1 aromatic heterocycles. The van der Waals surface area contributed by atoms with Gasteiger partial charge in [-0.3, -0.25) is 5.10 Å². The van der Waals surface area contributed by atoms with E-state index in [1.165, 1.54) is 22.3 Å². The third kappa shape index (κ3) is 1.67. The van der Waals surface area contributed by atoms with Crippen molar-refractivity contribution in [2.75, 3.05) is 0 Å². The molecule has 0 aliphatic heterocycles. The molecule has 0 unspecified atom stereocenters. The highest BCUT2D eigenvalue weighted by Gasteiger charge is 2.09. The fourth-order valence-corrected chi connectivity index (χ4v) is 2.04. The first-order valence-electron chi connectivity index (χ1n) is 5.38. The summed E-state index contributed by atoms with van der Waals surface area (Å²) in [5.41, 5.74) is 7.01. The van der Waals surface area contributed by atoms with Gasteiger partial charge >= 0.3 is 0 Å². The maximum Gasteiger partial charge on any atom is 0.0672 e. The minimum absolute atomic E-state index is 1.04. The van der Waals surface area contributed by atoms with Crippen molar-refractivity contribution in [1.29, 1.82) is 0 Å². The van der Waals surface area contributed by atoms with E-state index >= 15 is 0 Å². The van der Waals surface area contributed by atoms with E-state index in [1.807, 2.05) is 19.9 Å². The number of aromatic nitrogens is 2. The summed E-state index contributed by atoms with van der Waals surface area (Å²) in [5, 5.41) is 7.23. The van der Waals surface area contributed by atoms with Crippen molar-refractivity contribution in [1.82, 2.24) is 10.2 Å². The van der Waals surface area contributed by atoms with Gasteiger partial charge in [-0.05, 0) is 37.5 Å². The first-order chi connectivity index (χ1) is 7.63. The molecule has 82 valence electrons. The lowest BCUT2D eigenvalue weighted by molar-refractivity contribution is 1.02. The van der Waals surface area contributed by atoms with Crippen molar-refractivity contribution in [2.45, 2.75) is 20.8 Å². The molecule has 16 heavy (non-hydrogen) atoms. The number of benzene rings is 1. The number of hydrogen-bond donors (Lipinski definition) is 1. The van der Waals surface area contributed by atoms with Gasteiger partial charge < -0.3 is 0 Å². The zero-order valence-electron chi connectivity index (χ0n) is 9.96. The van der Waals surface area contributed by atoms with Crippen LogP contribution in [0.1, 0.15) is 22.5 Å². The Kier molecular flexibility index (Phi) is 2.65. The van der Waals surface area contributed by atoms with Crippen molar-refractivity contribution in [3.63, 3.8) is 0 Å². The predicted octanol–water partition coefficient (Wildman–Crippen LogP) is 3.64. The van der Waals surface area contributed by atoms with Crippen LogP contribution in [0, 0.1) is 20.8 Å². The van der Waals surface area contributed by atoms with Crippen molar-refractivity contribution in [2.24, 2.45) is 0 Å². The first kappa shape index (κ1) is 10.7. The standard InChI is InChI=1S/C14H16N2/c1-5-12-6-7-13(8-9(12)2)14-10(3)15-16-11(14)4/h5-8H,1H2,2-4H3,(H,15,16). The number of aryl methyl sites for hydroxylation is 3. The number of aromatic amines is 1. The van der Waals surface area contributed by atoms with Crippen LogP contribution in [0.25, 0.3) is 17.2 Å². The molecule has 1 aromatic carbocycles. The highest BCUT2D eigenvalue weighted by atomic mass is 15.1. The Morgan fingerprint density at radius 2 is 2.00 bits per heavy atom. The summed E-state index contributed by atoms with van der Waals surface area (Å²) in [6, 6.07) is 6.40. The van der Waals surface area contributed by atoms with Gasteiger partial charge in [-0.1, -0.05) is 30.9 Å². The molecule has 2 aromatic rings. The van der Waals surface area contributed by atoms with Crippen LogP contribution in [-0.4, -0.2) is 10.2 Å². The molecule has 2 rings (SSSR count). The average Bonchev–Trinajstić information content (AvgIpc) is 2.58. The number of rotatable bonds is 2. The second-order valence-electron chi connectivity index (χ2n) is 4.08. The predicted molar refractivity (Wildman–Crippen MR) is 68.3 cm³/mol. The zero-order chi connectivity index (χ0) is 11.7. The molecule has 0 saturated heterocycles. The quantitative estimate of drug-likeness (QED) is 0.808. The van der Waals surface area contributed by atoms with Crippen molar-refractivity contribution in [3.05, 3.63) is 47.3 Å². The van der Waals surface area contributed by atoms with Gasteiger partial charge in [-0.15, -0.1) is 0 Å². The molecule has 0 bridgehead atoms. The summed E-state index contributed by atoms with van der Waals surface area (Å²) in [4.78, 5) is 0. The van der Waals surface area contributed by atoms with Crippen LogP contribution in [-0.2, 0) is 0 Å². The maximum absolute atomic E-state index is 4.22. The normalized spacial score (nSPS) is 10.4. The van der Waals surface area contributed by atoms with E-state index in [4.69, 9.17) is 0 Å². The lowest BCUT2D eigenvalue weighted by Crippen LogP contribution is -1.86. The fourth-order valence-electron chi connectivity index (χ4n) is 2.04. The smallest absolute Gasteiger partial charge is 0.0672 e. The Balaban J connectivity index is 2.57. The van der Waals surface area contributed by atoms with Crippen LogP contribution in [0.15, 0.2) is 24.8 Å². The van der Waals surface area contributed by atoms with Gasteiger partial charge in [0.05, 0.1) is 5.69 Å². The second kappa shape index (κ2) is 3.97. The van der Waals surface area contributed by atoms with Gasteiger partial charge in [0.2, 0.25) is 0 Å². The number of nitrogens with zero attached hydrogens (tertiary/aromatic N) is 1. The van der Waals surface area contributed by atoms with E-state index in [1.54, 1.807) is 0 Å². The third-order valence-corrected chi connectivity index (χ3v) is 2.91. The van der Waals surface area contributed by atoms with Crippen molar-refractivity contribution >= 4 is 6.08 Å². The molecular weight excluding hydrogens is 196 g/mol. The molecule has 0 atom stereocenters. The summed E-state index contributed by atoms with van der Waals surface area (Å²) in [5.74, 6) is 0. The van der Waals surface area contributed by atoms with E-state index in [0.29, 0.717) is 0 Å². The number of hydrogen-bond acceptors (Lipinski definition) is 1. The molecule has 0 aliphatic rings. The van der Waals surface area contributed by atoms with E-state index < -0.39 is 0 Å². The molecule has 0 amide bonds. The zero-order valence-corrected chi connectivity index (χ0v) is 9.96. The van der Waals surface area contributed by atoms with E-state index in [2.05, 4.69) is 41.9 Å². The average molecular weight is 212 g/mol. The van der Waals surface area contributed by atoms with Gasteiger partial charge in [0.25, 0.3) is 0 Å². The van der Waals surface area contributed by atoms with Gasteiger partial charge in [0, 0.05) is 11.3 Å². The van der Waals surface area contributed by atoms with Crippen LogP contribution >= 0.6 is 0 Å². The van der Waals surface area contributed by atoms with E-state index in [0.717, 1.165) is 11.4 Å². The van der Waals surface area contributed by atoms with Gasteiger partial charge in [-0.25, -0.2) is 0 Å². The topological polar surface area (TPSA) is 28.7 Å².